The molecule has 0 fully saturated rings. The van der Waals surface area contributed by atoms with Crippen molar-refractivity contribution in [2.45, 2.75) is 32.1 Å². The normalized spacial score (nSPS) is 15.1. The van der Waals surface area contributed by atoms with E-state index in [-0.39, 0.29) is 29.6 Å². The number of aldehydes is 1. The first-order chi connectivity index (χ1) is 12.4. The standard InChI is InChI=1S/C17H11ClF6N2O/c1-8-14-13(3-2-9(7-27)15(14)18)26(25-8)12-5-10(16(19,20)21)4-11(6-12)17(22,23)24/h4-7H,2-3H2,1H3. The number of nitrogens with zero attached hydrogens (tertiary/aromatic N) is 2. The Kier molecular flexibility index (Phi) is 4.62. The summed E-state index contributed by atoms with van der Waals surface area (Å²) in [6.07, 6.45) is -8.92. The zero-order valence-corrected chi connectivity index (χ0v) is 14.4. The average Bonchev–Trinajstić information content (AvgIpc) is 2.91. The van der Waals surface area contributed by atoms with Crippen LogP contribution < -0.4 is 0 Å². The summed E-state index contributed by atoms with van der Waals surface area (Å²) >= 11 is 6.16. The number of rotatable bonds is 2. The molecule has 144 valence electrons. The summed E-state index contributed by atoms with van der Waals surface area (Å²) in [5.74, 6) is 0. The van der Waals surface area contributed by atoms with Gasteiger partial charge in [0.25, 0.3) is 0 Å². The number of fused-ring (bicyclic) bond motifs is 1. The summed E-state index contributed by atoms with van der Waals surface area (Å²) in [6, 6.07) is 1.27. The van der Waals surface area contributed by atoms with E-state index in [0.717, 1.165) is 4.68 Å². The highest BCUT2D eigenvalue weighted by atomic mass is 35.5. The van der Waals surface area contributed by atoms with Gasteiger partial charge in [-0.1, -0.05) is 11.6 Å². The molecular formula is C17H11ClF6N2O. The number of carbonyl (C=O) groups excluding carboxylic acids is 1. The van der Waals surface area contributed by atoms with Gasteiger partial charge in [-0.3, -0.25) is 4.79 Å². The molecular weight excluding hydrogens is 398 g/mol. The molecule has 0 N–H and O–H groups in total. The number of aromatic nitrogens is 2. The lowest BCUT2D eigenvalue weighted by Gasteiger charge is -2.18. The summed E-state index contributed by atoms with van der Waals surface area (Å²) in [7, 11) is 0. The van der Waals surface area contributed by atoms with E-state index < -0.39 is 23.5 Å². The van der Waals surface area contributed by atoms with Crippen molar-refractivity contribution in [3.05, 3.63) is 51.9 Å². The maximum atomic E-state index is 13.1. The monoisotopic (exact) mass is 408 g/mol. The third kappa shape index (κ3) is 3.47. The lowest BCUT2D eigenvalue weighted by atomic mass is 9.96. The lowest BCUT2D eigenvalue weighted by Crippen LogP contribution is -2.14. The van der Waals surface area contributed by atoms with Crippen LogP contribution in [0.15, 0.2) is 23.8 Å². The van der Waals surface area contributed by atoms with E-state index in [0.29, 0.717) is 40.9 Å². The van der Waals surface area contributed by atoms with Gasteiger partial charge < -0.3 is 0 Å². The van der Waals surface area contributed by atoms with Crippen molar-refractivity contribution >= 4 is 22.9 Å². The Morgan fingerprint density at radius 2 is 1.59 bits per heavy atom. The van der Waals surface area contributed by atoms with E-state index in [9.17, 15) is 31.1 Å². The zero-order valence-electron chi connectivity index (χ0n) is 13.7. The van der Waals surface area contributed by atoms with Gasteiger partial charge in [0, 0.05) is 11.1 Å². The van der Waals surface area contributed by atoms with Crippen LogP contribution in [0, 0.1) is 6.92 Å². The fourth-order valence-corrected chi connectivity index (χ4v) is 3.38. The minimum atomic E-state index is -4.96. The lowest BCUT2D eigenvalue weighted by molar-refractivity contribution is -0.143. The Morgan fingerprint density at radius 3 is 2.07 bits per heavy atom. The van der Waals surface area contributed by atoms with E-state index in [2.05, 4.69) is 5.10 Å². The van der Waals surface area contributed by atoms with Crippen LogP contribution in [0.5, 0.6) is 0 Å². The molecule has 0 unspecified atom stereocenters. The Balaban J connectivity index is 2.26. The molecule has 1 aliphatic rings. The van der Waals surface area contributed by atoms with Crippen LogP contribution in [0.4, 0.5) is 26.3 Å². The minimum absolute atomic E-state index is 0.0592. The number of hydrogen-bond donors (Lipinski definition) is 0. The second kappa shape index (κ2) is 6.40. The van der Waals surface area contributed by atoms with Gasteiger partial charge in [0.15, 0.2) is 0 Å². The van der Waals surface area contributed by atoms with Crippen LogP contribution in [-0.4, -0.2) is 16.1 Å². The molecule has 1 heterocycles. The van der Waals surface area contributed by atoms with Gasteiger partial charge >= 0.3 is 12.4 Å². The van der Waals surface area contributed by atoms with Gasteiger partial charge in [0.2, 0.25) is 0 Å². The van der Waals surface area contributed by atoms with Crippen molar-refractivity contribution in [1.29, 1.82) is 0 Å². The van der Waals surface area contributed by atoms with Crippen molar-refractivity contribution < 1.29 is 31.1 Å². The minimum Gasteiger partial charge on any atom is -0.298 e. The molecule has 1 aromatic carbocycles. The number of allylic oxidation sites excluding steroid dienone is 1. The van der Waals surface area contributed by atoms with Crippen molar-refractivity contribution in [2.24, 2.45) is 0 Å². The molecule has 0 spiro atoms. The van der Waals surface area contributed by atoms with E-state index in [1.807, 2.05) is 0 Å². The topological polar surface area (TPSA) is 34.9 Å². The van der Waals surface area contributed by atoms with E-state index >= 15 is 0 Å². The van der Waals surface area contributed by atoms with Crippen LogP contribution in [-0.2, 0) is 23.6 Å². The van der Waals surface area contributed by atoms with Crippen LogP contribution in [0.1, 0.15) is 34.5 Å². The molecule has 0 atom stereocenters. The maximum absolute atomic E-state index is 13.1. The Bertz CT molecular complexity index is 923. The Morgan fingerprint density at radius 1 is 1.04 bits per heavy atom. The van der Waals surface area contributed by atoms with Crippen LogP contribution in [0.25, 0.3) is 10.7 Å². The fraction of sp³-hybridized carbons (Fsp3) is 0.294. The summed E-state index contributed by atoms with van der Waals surface area (Å²) in [4.78, 5) is 11.1. The van der Waals surface area contributed by atoms with E-state index in [1.54, 1.807) is 0 Å². The first kappa shape index (κ1) is 19.5. The molecule has 0 amide bonds. The van der Waals surface area contributed by atoms with Crippen LogP contribution in [0.3, 0.4) is 0 Å². The molecule has 0 bridgehead atoms. The van der Waals surface area contributed by atoms with E-state index in [4.69, 9.17) is 11.6 Å². The first-order valence-corrected chi connectivity index (χ1v) is 8.04. The molecule has 0 aliphatic heterocycles. The smallest absolute Gasteiger partial charge is 0.298 e. The van der Waals surface area contributed by atoms with Crippen molar-refractivity contribution in [2.75, 3.05) is 0 Å². The van der Waals surface area contributed by atoms with Gasteiger partial charge in [-0.15, -0.1) is 0 Å². The van der Waals surface area contributed by atoms with Crippen molar-refractivity contribution in [3.63, 3.8) is 0 Å². The summed E-state index contributed by atoms with van der Waals surface area (Å²) in [5.41, 5.74) is -1.90. The highest BCUT2D eigenvalue weighted by molar-refractivity contribution is 6.51. The van der Waals surface area contributed by atoms with Crippen molar-refractivity contribution in [3.8, 4) is 5.69 Å². The van der Waals surface area contributed by atoms with Gasteiger partial charge in [0.05, 0.1) is 33.2 Å². The third-order valence-electron chi connectivity index (χ3n) is 4.25. The summed E-state index contributed by atoms with van der Waals surface area (Å²) in [5, 5.41) is 4.18. The zero-order chi connectivity index (χ0) is 20.1. The predicted octanol–water partition coefficient (Wildman–Crippen LogP) is 5.31. The Hall–Kier alpha value is -2.29. The number of carbonyl (C=O) groups is 1. The molecule has 0 saturated heterocycles. The average molecular weight is 409 g/mol. The highest BCUT2D eigenvalue weighted by Gasteiger charge is 2.37. The molecule has 1 aromatic heterocycles. The summed E-state index contributed by atoms with van der Waals surface area (Å²) < 4.78 is 79.6. The second-order valence-corrected chi connectivity index (χ2v) is 6.42. The fourth-order valence-electron chi connectivity index (χ4n) is 3.00. The van der Waals surface area contributed by atoms with E-state index in [1.165, 1.54) is 6.92 Å². The SMILES string of the molecule is Cc1nn(-c2cc(C(F)(F)F)cc(C(F)(F)F)c2)c2c1C(Cl)=C(C=O)CC2. The number of aryl methyl sites for hydroxylation is 1. The molecule has 27 heavy (non-hydrogen) atoms. The molecule has 2 aromatic rings. The predicted molar refractivity (Wildman–Crippen MR) is 85.5 cm³/mol. The van der Waals surface area contributed by atoms with Crippen LogP contribution in [0.2, 0.25) is 0 Å². The largest absolute Gasteiger partial charge is 0.416 e. The van der Waals surface area contributed by atoms with Gasteiger partial charge in [-0.05, 0) is 38.0 Å². The Labute approximate surface area is 154 Å². The molecule has 1 aliphatic carbocycles. The number of alkyl halides is 6. The van der Waals surface area contributed by atoms with Gasteiger partial charge in [-0.2, -0.15) is 31.4 Å². The molecule has 10 heteroatoms. The second-order valence-electron chi connectivity index (χ2n) is 6.04. The quantitative estimate of drug-likeness (QED) is 0.498. The highest BCUT2D eigenvalue weighted by Crippen LogP contribution is 2.40. The number of benzene rings is 1. The van der Waals surface area contributed by atoms with Crippen LogP contribution >= 0.6 is 11.6 Å². The molecule has 0 saturated carbocycles. The molecule has 3 rings (SSSR count). The van der Waals surface area contributed by atoms with Crippen molar-refractivity contribution in [1.82, 2.24) is 9.78 Å². The third-order valence-corrected chi connectivity index (χ3v) is 4.68. The maximum Gasteiger partial charge on any atom is 0.416 e. The summed E-state index contributed by atoms with van der Waals surface area (Å²) in [6.45, 7) is 1.52. The number of halogens is 7. The molecule has 3 nitrogen and oxygen atoms in total. The number of hydrogen-bond acceptors (Lipinski definition) is 2. The first-order valence-electron chi connectivity index (χ1n) is 7.66. The van der Waals surface area contributed by atoms with Gasteiger partial charge in [-0.25, -0.2) is 4.68 Å². The van der Waals surface area contributed by atoms with Gasteiger partial charge in [0.1, 0.15) is 6.29 Å². The molecule has 0 radical (unpaired) electrons.